The molecular weight excluding hydrogens is 377 g/mol. The van der Waals surface area contributed by atoms with Crippen molar-refractivity contribution < 1.29 is 22.0 Å². The minimum Gasteiger partial charge on any atom is -0.263 e. The second kappa shape index (κ2) is 6.87. The van der Waals surface area contributed by atoms with E-state index < -0.39 is 29.1 Å². The van der Waals surface area contributed by atoms with Crippen molar-refractivity contribution in [2.45, 2.75) is 12.7 Å². The number of benzene rings is 2. The zero-order valence-corrected chi connectivity index (χ0v) is 13.7. The molecule has 0 bridgehead atoms. The SMILES string of the molecule is O=c1[nH]sc(=Nc2ccc(C(F)(F)F)cc2)n1Cc1ccc(F)c(F)c1. The Morgan fingerprint density at radius 3 is 2.35 bits per heavy atom. The third-order valence-electron chi connectivity index (χ3n) is 3.45. The lowest BCUT2D eigenvalue weighted by Gasteiger charge is -2.06. The molecule has 10 heteroatoms. The molecule has 0 saturated heterocycles. The van der Waals surface area contributed by atoms with Gasteiger partial charge in [-0.2, -0.15) is 13.2 Å². The van der Waals surface area contributed by atoms with Crippen molar-refractivity contribution in [3.63, 3.8) is 0 Å². The molecule has 0 fully saturated rings. The molecule has 0 radical (unpaired) electrons. The average Bonchev–Trinajstić information content (AvgIpc) is 2.91. The van der Waals surface area contributed by atoms with Crippen LogP contribution in [-0.2, 0) is 12.7 Å². The highest BCUT2D eigenvalue weighted by Crippen LogP contribution is 2.30. The van der Waals surface area contributed by atoms with Crippen LogP contribution < -0.4 is 10.5 Å². The van der Waals surface area contributed by atoms with Crippen LogP contribution >= 0.6 is 11.5 Å². The second-order valence-corrected chi connectivity index (χ2v) is 6.06. The van der Waals surface area contributed by atoms with Crippen molar-refractivity contribution in [2.24, 2.45) is 4.99 Å². The molecule has 4 nitrogen and oxygen atoms in total. The Morgan fingerprint density at radius 1 is 1.04 bits per heavy atom. The quantitative estimate of drug-likeness (QED) is 0.683. The van der Waals surface area contributed by atoms with Crippen molar-refractivity contribution >= 4 is 17.2 Å². The van der Waals surface area contributed by atoms with E-state index in [4.69, 9.17) is 0 Å². The van der Waals surface area contributed by atoms with Crippen LogP contribution in [0, 0.1) is 11.6 Å². The van der Waals surface area contributed by atoms with E-state index in [9.17, 15) is 26.7 Å². The zero-order chi connectivity index (χ0) is 18.9. The number of nitrogens with zero attached hydrogens (tertiary/aromatic N) is 2. The maximum atomic E-state index is 13.3. The molecule has 0 spiro atoms. The van der Waals surface area contributed by atoms with E-state index in [0.29, 0.717) is 5.56 Å². The zero-order valence-electron chi connectivity index (χ0n) is 12.8. The van der Waals surface area contributed by atoms with Crippen LogP contribution in [0.1, 0.15) is 11.1 Å². The van der Waals surface area contributed by atoms with Crippen LogP contribution in [0.25, 0.3) is 0 Å². The molecule has 1 N–H and O–H groups in total. The van der Waals surface area contributed by atoms with Gasteiger partial charge < -0.3 is 0 Å². The van der Waals surface area contributed by atoms with Gasteiger partial charge in [-0.05, 0) is 53.5 Å². The summed E-state index contributed by atoms with van der Waals surface area (Å²) in [6.45, 7) is -0.0739. The third-order valence-corrected chi connectivity index (χ3v) is 4.22. The minimum absolute atomic E-state index is 0.0739. The normalized spacial score (nSPS) is 12.6. The number of aromatic nitrogens is 2. The first-order valence-electron chi connectivity index (χ1n) is 7.18. The van der Waals surface area contributed by atoms with Gasteiger partial charge in [-0.1, -0.05) is 6.07 Å². The summed E-state index contributed by atoms with van der Waals surface area (Å²) >= 11 is 0.876. The van der Waals surface area contributed by atoms with Crippen molar-refractivity contribution in [3.05, 3.63) is 80.5 Å². The van der Waals surface area contributed by atoms with E-state index in [1.807, 2.05) is 0 Å². The van der Waals surface area contributed by atoms with Crippen LogP contribution in [0.15, 0.2) is 52.3 Å². The molecule has 1 aromatic heterocycles. The monoisotopic (exact) mass is 387 g/mol. The maximum Gasteiger partial charge on any atom is 0.416 e. The first-order valence-corrected chi connectivity index (χ1v) is 8.00. The molecule has 2 aromatic carbocycles. The summed E-state index contributed by atoms with van der Waals surface area (Å²) in [4.78, 5) is 16.2. The highest BCUT2D eigenvalue weighted by Gasteiger charge is 2.29. The number of rotatable bonds is 3. The summed E-state index contributed by atoms with van der Waals surface area (Å²) in [5.41, 5.74) is -0.785. The summed E-state index contributed by atoms with van der Waals surface area (Å²) in [6, 6.07) is 7.34. The molecule has 136 valence electrons. The number of hydrogen-bond donors (Lipinski definition) is 1. The summed E-state index contributed by atoms with van der Waals surface area (Å²) in [5, 5.41) is 0. The Kier molecular flexibility index (Phi) is 4.77. The maximum absolute atomic E-state index is 13.3. The number of halogens is 5. The molecule has 3 aromatic rings. The van der Waals surface area contributed by atoms with Crippen LogP contribution in [0.5, 0.6) is 0 Å². The van der Waals surface area contributed by atoms with E-state index >= 15 is 0 Å². The summed E-state index contributed by atoms with van der Waals surface area (Å²) in [5.74, 6) is -2.05. The fourth-order valence-electron chi connectivity index (χ4n) is 2.16. The first kappa shape index (κ1) is 18.1. The number of hydrogen-bond acceptors (Lipinski definition) is 3. The van der Waals surface area contributed by atoms with Crippen molar-refractivity contribution in [1.82, 2.24) is 8.94 Å². The Balaban J connectivity index is 1.95. The topological polar surface area (TPSA) is 50.1 Å². The molecule has 0 saturated carbocycles. The fraction of sp³-hybridized carbons (Fsp3) is 0.125. The molecule has 1 heterocycles. The molecule has 0 unspecified atom stereocenters. The molecular formula is C16H10F5N3OS. The number of alkyl halides is 3. The molecule has 0 atom stereocenters. The van der Waals surface area contributed by atoms with Gasteiger partial charge in [-0.15, -0.1) is 0 Å². The van der Waals surface area contributed by atoms with Gasteiger partial charge in [0.25, 0.3) is 0 Å². The lowest BCUT2D eigenvalue weighted by molar-refractivity contribution is -0.137. The highest BCUT2D eigenvalue weighted by molar-refractivity contribution is 7.02. The van der Waals surface area contributed by atoms with Gasteiger partial charge in [0.15, 0.2) is 11.6 Å². The van der Waals surface area contributed by atoms with Gasteiger partial charge in [-0.3, -0.25) is 8.94 Å². The lowest BCUT2D eigenvalue weighted by Crippen LogP contribution is -2.27. The third kappa shape index (κ3) is 3.90. The first-order chi connectivity index (χ1) is 12.2. The Labute approximate surface area is 147 Å². The average molecular weight is 387 g/mol. The molecule has 0 aliphatic rings. The Bertz CT molecular complexity index is 1050. The number of H-pyrrole nitrogens is 1. The van der Waals surface area contributed by atoms with Crippen molar-refractivity contribution in [2.75, 3.05) is 0 Å². The largest absolute Gasteiger partial charge is 0.416 e. The fourth-order valence-corrected chi connectivity index (χ4v) is 2.86. The molecule has 0 aliphatic carbocycles. The molecule has 0 amide bonds. The van der Waals surface area contributed by atoms with Crippen LogP contribution in [0.3, 0.4) is 0 Å². The van der Waals surface area contributed by atoms with Gasteiger partial charge in [0.1, 0.15) is 0 Å². The van der Waals surface area contributed by atoms with E-state index in [2.05, 4.69) is 9.37 Å². The Hall–Kier alpha value is -2.75. The van der Waals surface area contributed by atoms with Crippen LogP contribution in [0.4, 0.5) is 27.6 Å². The van der Waals surface area contributed by atoms with E-state index in [1.54, 1.807) is 0 Å². The smallest absolute Gasteiger partial charge is 0.263 e. The predicted octanol–water partition coefficient (Wildman–Crippen LogP) is 3.82. The highest BCUT2D eigenvalue weighted by atomic mass is 32.1. The van der Waals surface area contributed by atoms with Crippen LogP contribution in [-0.4, -0.2) is 8.94 Å². The van der Waals surface area contributed by atoms with Gasteiger partial charge in [0.2, 0.25) is 4.80 Å². The predicted molar refractivity (Wildman–Crippen MR) is 85.1 cm³/mol. The second-order valence-electron chi connectivity index (χ2n) is 5.28. The van der Waals surface area contributed by atoms with Gasteiger partial charge in [0, 0.05) is 0 Å². The summed E-state index contributed by atoms with van der Waals surface area (Å²) in [7, 11) is 0. The molecule has 0 aliphatic heterocycles. The van der Waals surface area contributed by atoms with E-state index in [0.717, 1.165) is 35.8 Å². The van der Waals surface area contributed by atoms with E-state index in [-0.39, 0.29) is 17.0 Å². The van der Waals surface area contributed by atoms with E-state index in [1.165, 1.54) is 22.8 Å². The van der Waals surface area contributed by atoms with Gasteiger partial charge >= 0.3 is 11.9 Å². The van der Waals surface area contributed by atoms with Gasteiger partial charge in [0.05, 0.1) is 17.8 Å². The lowest BCUT2D eigenvalue weighted by atomic mass is 10.2. The van der Waals surface area contributed by atoms with Crippen molar-refractivity contribution in [3.8, 4) is 0 Å². The standard InChI is InChI=1S/C16H10F5N3OS/c17-12-6-1-9(7-13(12)18)8-24-14(25)23-26-15(24)22-11-4-2-10(3-5-11)16(19,20)21/h1-7H,8H2,(H,23,25). The molecule has 3 rings (SSSR count). The number of nitrogens with one attached hydrogen (secondary N) is 1. The van der Waals surface area contributed by atoms with Gasteiger partial charge in [-0.25, -0.2) is 18.6 Å². The van der Waals surface area contributed by atoms with Crippen molar-refractivity contribution in [1.29, 1.82) is 0 Å². The summed E-state index contributed by atoms with van der Waals surface area (Å²) < 4.78 is 67.7. The molecule has 26 heavy (non-hydrogen) atoms. The Morgan fingerprint density at radius 2 is 1.73 bits per heavy atom. The summed E-state index contributed by atoms with van der Waals surface area (Å²) in [6.07, 6.45) is -4.45. The number of aromatic amines is 1. The van der Waals surface area contributed by atoms with Crippen LogP contribution in [0.2, 0.25) is 0 Å². The minimum atomic E-state index is -4.45.